The zero-order chi connectivity index (χ0) is 13.3. The van der Waals surface area contributed by atoms with E-state index >= 15 is 0 Å². The van der Waals surface area contributed by atoms with E-state index in [0.717, 1.165) is 6.26 Å². The fourth-order valence-electron chi connectivity index (χ4n) is 1.29. The van der Waals surface area contributed by atoms with Crippen LogP contribution in [-0.2, 0) is 19.7 Å². The highest BCUT2D eigenvalue weighted by atomic mass is 35.5. The van der Waals surface area contributed by atoms with E-state index in [1.165, 1.54) is 31.2 Å². The van der Waals surface area contributed by atoms with E-state index in [9.17, 15) is 16.8 Å². The lowest BCUT2D eigenvalue weighted by Gasteiger charge is -2.12. The van der Waals surface area contributed by atoms with Gasteiger partial charge in [0.15, 0.2) is 19.7 Å². The fourth-order valence-corrected chi connectivity index (χ4v) is 4.57. The smallest absolute Gasteiger partial charge is 0.183 e. The minimum absolute atomic E-state index is 0.0829. The Labute approximate surface area is 106 Å². The highest BCUT2D eigenvalue weighted by Gasteiger charge is 2.28. The molecule has 0 aromatic heterocycles. The normalized spacial score (nSPS) is 14.5. The first-order valence-electron chi connectivity index (χ1n) is 4.80. The first-order valence-corrected chi connectivity index (χ1v) is 8.77. The summed E-state index contributed by atoms with van der Waals surface area (Å²) in [6, 6.07) is 5.54. The van der Waals surface area contributed by atoms with E-state index in [-0.39, 0.29) is 15.7 Å². The molecular formula is C10H13ClO4S2. The van der Waals surface area contributed by atoms with Gasteiger partial charge < -0.3 is 0 Å². The third kappa shape index (κ3) is 3.00. The monoisotopic (exact) mass is 296 g/mol. The van der Waals surface area contributed by atoms with Crippen molar-refractivity contribution in [1.82, 2.24) is 0 Å². The van der Waals surface area contributed by atoms with Gasteiger partial charge in [-0.15, -0.1) is 11.6 Å². The van der Waals surface area contributed by atoms with Crippen molar-refractivity contribution in [3.05, 3.63) is 24.3 Å². The van der Waals surface area contributed by atoms with Crippen molar-refractivity contribution in [2.75, 3.05) is 12.1 Å². The third-order valence-electron chi connectivity index (χ3n) is 2.30. The van der Waals surface area contributed by atoms with Gasteiger partial charge >= 0.3 is 0 Å². The van der Waals surface area contributed by atoms with Gasteiger partial charge in [-0.3, -0.25) is 0 Å². The Morgan fingerprint density at radius 1 is 1.12 bits per heavy atom. The lowest BCUT2D eigenvalue weighted by atomic mass is 10.4. The summed E-state index contributed by atoms with van der Waals surface area (Å²) in [5.74, 6) is -0.0829. The summed E-state index contributed by atoms with van der Waals surface area (Å²) in [5.41, 5.74) is 0. The third-order valence-corrected chi connectivity index (χ3v) is 6.43. The molecule has 0 saturated carbocycles. The number of halogens is 1. The molecule has 1 atom stereocenters. The summed E-state index contributed by atoms with van der Waals surface area (Å²) in [5, 5.41) is -0.827. The van der Waals surface area contributed by atoms with Crippen LogP contribution in [0.1, 0.15) is 6.92 Å². The Morgan fingerprint density at radius 2 is 1.59 bits per heavy atom. The lowest BCUT2D eigenvalue weighted by molar-refractivity contribution is 0.579. The van der Waals surface area contributed by atoms with Gasteiger partial charge in [0.05, 0.1) is 15.0 Å². The number of alkyl halides is 1. The van der Waals surface area contributed by atoms with Gasteiger partial charge in [0.1, 0.15) is 0 Å². The standard InChI is InChI=1S/C10H13ClO4S2/c1-8(7-11)17(14,15)10-6-4-3-5-9(10)16(2,12)13/h3-6,8H,7H2,1-2H3. The molecule has 0 aliphatic heterocycles. The van der Waals surface area contributed by atoms with Crippen LogP contribution in [0.3, 0.4) is 0 Å². The van der Waals surface area contributed by atoms with E-state index in [2.05, 4.69) is 0 Å². The van der Waals surface area contributed by atoms with Crippen LogP contribution < -0.4 is 0 Å². The van der Waals surface area contributed by atoms with E-state index in [4.69, 9.17) is 11.6 Å². The summed E-state index contributed by atoms with van der Waals surface area (Å²) < 4.78 is 47.2. The molecule has 96 valence electrons. The Kier molecular flexibility index (Phi) is 4.22. The van der Waals surface area contributed by atoms with Crippen molar-refractivity contribution in [3.63, 3.8) is 0 Å². The van der Waals surface area contributed by atoms with Crippen molar-refractivity contribution in [3.8, 4) is 0 Å². The number of sulfone groups is 2. The minimum atomic E-state index is -3.71. The second kappa shape index (κ2) is 4.96. The Balaban J connectivity index is 3.54. The first-order chi connectivity index (χ1) is 7.71. The quantitative estimate of drug-likeness (QED) is 0.790. The molecule has 0 spiro atoms. The van der Waals surface area contributed by atoms with Gasteiger partial charge in [-0.2, -0.15) is 0 Å². The maximum absolute atomic E-state index is 12.1. The minimum Gasteiger partial charge on any atom is -0.224 e. The van der Waals surface area contributed by atoms with Crippen molar-refractivity contribution >= 4 is 31.3 Å². The zero-order valence-electron chi connectivity index (χ0n) is 9.42. The maximum atomic E-state index is 12.1. The number of benzene rings is 1. The van der Waals surface area contributed by atoms with Crippen LogP contribution >= 0.6 is 11.6 Å². The molecule has 4 nitrogen and oxygen atoms in total. The summed E-state index contributed by atoms with van der Waals surface area (Å²) in [7, 11) is -7.29. The van der Waals surface area contributed by atoms with E-state index in [1.54, 1.807) is 0 Å². The molecule has 0 saturated heterocycles. The fraction of sp³-hybridized carbons (Fsp3) is 0.400. The van der Waals surface area contributed by atoms with Crippen LogP contribution in [-0.4, -0.2) is 34.2 Å². The summed E-state index contributed by atoms with van der Waals surface area (Å²) in [6.45, 7) is 1.45. The molecule has 1 unspecified atom stereocenters. The SMILES string of the molecule is CC(CCl)S(=O)(=O)c1ccccc1S(C)(=O)=O. The summed E-state index contributed by atoms with van der Waals surface area (Å²) >= 11 is 5.52. The van der Waals surface area contributed by atoms with Crippen LogP contribution in [0.2, 0.25) is 0 Å². The number of hydrogen-bond donors (Lipinski definition) is 0. The van der Waals surface area contributed by atoms with Crippen LogP contribution in [0.15, 0.2) is 34.1 Å². The van der Waals surface area contributed by atoms with Crippen molar-refractivity contribution in [2.45, 2.75) is 22.0 Å². The molecule has 0 amide bonds. The van der Waals surface area contributed by atoms with E-state index in [1.807, 2.05) is 0 Å². The average Bonchev–Trinajstić information content (AvgIpc) is 2.26. The highest BCUT2D eigenvalue weighted by Crippen LogP contribution is 2.24. The Morgan fingerprint density at radius 3 is 2.00 bits per heavy atom. The van der Waals surface area contributed by atoms with Crippen LogP contribution in [0, 0.1) is 0 Å². The second-order valence-electron chi connectivity index (χ2n) is 3.73. The van der Waals surface area contributed by atoms with Gasteiger partial charge in [-0.25, -0.2) is 16.8 Å². The molecule has 0 bridgehead atoms. The van der Waals surface area contributed by atoms with E-state index < -0.39 is 24.9 Å². The lowest BCUT2D eigenvalue weighted by Crippen LogP contribution is -2.21. The Bertz CT molecular complexity index is 605. The maximum Gasteiger partial charge on any atom is 0.183 e. The summed E-state index contributed by atoms with van der Waals surface area (Å²) in [6.07, 6.45) is 0.979. The van der Waals surface area contributed by atoms with Crippen molar-refractivity contribution < 1.29 is 16.8 Å². The highest BCUT2D eigenvalue weighted by molar-refractivity contribution is 7.94. The van der Waals surface area contributed by atoms with Gasteiger partial charge in [-0.05, 0) is 19.1 Å². The molecule has 17 heavy (non-hydrogen) atoms. The molecule has 1 aromatic carbocycles. The molecule has 0 aliphatic rings. The van der Waals surface area contributed by atoms with Gasteiger partial charge in [0, 0.05) is 12.1 Å². The summed E-state index contributed by atoms with van der Waals surface area (Å²) in [4.78, 5) is -0.368. The largest absolute Gasteiger partial charge is 0.224 e. The van der Waals surface area contributed by atoms with Gasteiger partial charge in [-0.1, -0.05) is 12.1 Å². The topological polar surface area (TPSA) is 68.3 Å². The second-order valence-corrected chi connectivity index (χ2v) is 8.36. The molecule has 0 heterocycles. The van der Waals surface area contributed by atoms with E-state index in [0.29, 0.717) is 0 Å². The predicted octanol–water partition coefficient (Wildman–Crippen LogP) is 1.49. The molecule has 0 radical (unpaired) electrons. The first kappa shape index (κ1) is 14.5. The number of hydrogen-bond acceptors (Lipinski definition) is 4. The molecule has 7 heteroatoms. The predicted molar refractivity (Wildman–Crippen MR) is 66.9 cm³/mol. The van der Waals surface area contributed by atoms with Crippen molar-refractivity contribution in [2.24, 2.45) is 0 Å². The molecular weight excluding hydrogens is 284 g/mol. The molecule has 1 aromatic rings. The molecule has 0 N–H and O–H groups in total. The van der Waals surface area contributed by atoms with Crippen LogP contribution in [0.5, 0.6) is 0 Å². The average molecular weight is 297 g/mol. The van der Waals surface area contributed by atoms with Crippen LogP contribution in [0.4, 0.5) is 0 Å². The zero-order valence-corrected chi connectivity index (χ0v) is 11.8. The molecule has 1 rings (SSSR count). The van der Waals surface area contributed by atoms with Crippen molar-refractivity contribution in [1.29, 1.82) is 0 Å². The van der Waals surface area contributed by atoms with Crippen LogP contribution in [0.25, 0.3) is 0 Å². The number of rotatable bonds is 4. The Hall–Kier alpha value is -0.590. The van der Waals surface area contributed by atoms with Gasteiger partial charge in [0.2, 0.25) is 0 Å². The molecule has 0 fully saturated rings. The molecule has 0 aliphatic carbocycles. The van der Waals surface area contributed by atoms with Gasteiger partial charge in [0.25, 0.3) is 0 Å².